The summed E-state index contributed by atoms with van der Waals surface area (Å²) in [7, 11) is 0. The van der Waals surface area contributed by atoms with Crippen LogP contribution >= 0.6 is 22.7 Å². The summed E-state index contributed by atoms with van der Waals surface area (Å²) >= 11 is 2.92. The van der Waals surface area contributed by atoms with Crippen molar-refractivity contribution >= 4 is 39.6 Å². The number of fused-ring (bicyclic) bond motifs is 1. The fourth-order valence-electron chi connectivity index (χ4n) is 2.49. The Hall–Kier alpha value is -2.31. The Kier molecular flexibility index (Phi) is 2.73. The number of aromatic nitrogens is 2. The van der Waals surface area contributed by atoms with Crippen LogP contribution in [0.3, 0.4) is 0 Å². The molecule has 0 fully saturated rings. The van der Waals surface area contributed by atoms with Crippen molar-refractivity contribution in [2.45, 2.75) is 0 Å². The normalized spacial score (nSPS) is 13.8. The fraction of sp³-hybridized carbons (Fsp3) is 0. The van der Waals surface area contributed by atoms with Gasteiger partial charge in [0.1, 0.15) is 5.75 Å². The lowest BCUT2D eigenvalue weighted by Gasteiger charge is -2.03. The zero-order valence-corrected chi connectivity index (χ0v) is 12.2. The summed E-state index contributed by atoms with van der Waals surface area (Å²) < 4.78 is 0. The van der Waals surface area contributed by atoms with Crippen molar-refractivity contribution in [1.29, 1.82) is 0 Å². The van der Waals surface area contributed by atoms with E-state index in [1.807, 2.05) is 0 Å². The maximum absolute atomic E-state index is 12.7. The standard InChI is InChI=1S/C15H8N2O2S2/c18-8-1-2-9-10(3-8)15(19)14(12-5-17-7-21-12)13(9)11-4-16-6-20-11/h1-7,18H. The van der Waals surface area contributed by atoms with Crippen molar-refractivity contribution in [3.05, 3.63) is 62.5 Å². The molecule has 1 aromatic carbocycles. The number of nitrogens with zero attached hydrogens (tertiary/aromatic N) is 2. The van der Waals surface area contributed by atoms with Gasteiger partial charge in [-0.3, -0.25) is 14.8 Å². The van der Waals surface area contributed by atoms with Gasteiger partial charge in [-0.05, 0) is 23.8 Å². The molecule has 0 aliphatic heterocycles. The van der Waals surface area contributed by atoms with Crippen LogP contribution in [0.25, 0.3) is 11.1 Å². The number of thiazole rings is 2. The lowest BCUT2D eigenvalue weighted by molar-refractivity contribution is 0.105. The Labute approximate surface area is 128 Å². The van der Waals surface area contributed by atoms with Gasteiger partial charge in [-0.25, -0.2) is 0 Å². The number of allylic oxidation sites excluding steroid dienone is 1. The van der Waals surface area contributed by atoms with E-state index in [-0.39, 0.29) is 11.5 Å². The number of hydrogen-bond acceptors (Lipinski definition) is 6. The molecule has 102 valence electrons. The van der Waals surface area contributed by atoms with Crippen LogP contribution in [0.4, 0.5) is 0 Å². The van der Waals surface area contributed by atoms with Gasteiger partial charge in [0.2, 0.25) is 0 Å². The van der Waals surface area contributed by atoms with Crippen LogP contribution in [0.1, 0.15) is 25.7 Å². The summed E-state index contributed by atoms with van der Waals surface area (Å²) in [5.41, 5.74) is 6.34. The van der Waals surface area contributed by atoms with Crippen LogP contribution in [-0.2, 0) is 0 Å². The first-order valence-corrected chi connectivity index (χ1v) is 7.91. The molecule has 1 N–H and O–H groups in total. The van der Waals surface area contributed by atoms with Gasteiger partial charge in [0.05, 0.1) is 26.3 Å². The topological polar surface area (TPSA) is 63.1 Å². The highest BCUT2D eigenvalue weighted by molar-refractivity contribution is 7.12. The lowest BCUT2D eigenvalue weighted by atomic mass is 10.0. The van der Waals surface area contributed by atoms with Crippen molar-refractivity contribution < 1.29 is 9.90 Å². The molecule has 1 aliphatic carbocycles. The zero-order chi connectivity index (χ0) is 14.4. The average Bonchev–Trinajstić information content (AvgIpc) is 3.19. The van der Waals surface area contributed by atoms with Crippen molar-refractivity contribution in [2.24, 2.45) is 0 Å². The Balaban J connectivity index is 2.05. The van der Waals surface area contributed by atoms with Crippen molar-refractivity contribution in [3.8, 4) is 5.75 Å². The summed E-state index contributed by atoms with van der Waals surface area (Å²) in [6.45, 7) is 0. The van der Waals surface area contributed by atoms with Crippen LogP contribution < -0.4 is 0 Å². The lowest BCUT2D eigenvalue weighted by Crippen LogP contribution is -1.96. The third-order valence-corrected chi connectivity index (χ3v) is 4.93. The summed E-state index contributed by atoms with van der Waals surface area (Å²) in [6, 6.07) is 4.90. The molecule has 4 nitrogen and oxygen atoms in total. The molecule has 6 heteroatoms. The number of rotatable bonds is 2. The minimum Gasteiger partial charge on any atom is -0.508 e. The van der Waals surface area contributed by atoms with Gasteiger partial charge in [0.15, 0.2) is 5.78 Å². The molecule has 3 aromatic rings. The number of phenolic OH excluding ortho intramolecular Hbond substituents is 1. The molecular weight excluding hydrogens is 304 g/mol. The SMILES string of the molecule is O=C1C(c2cncs2)=C(c2cncs2)c2ccc(O)cc21. The smallest absolute Gasteiger partial charge is 0.195 e. The van der Waals surface area contributed by atoms with Gasteiger partial charge in [-0.15, -0.1) is 22.7 Å². The van der Waals surface area contributed by atoms with E-state index in [1.54, 1.807) is 35.5 Å². The molecule has 0 atom stereocenters. The van der Waals surface area contributed by atoms with Gasteiger partial charge in [0, 0.05) is 23.5 Å². The number of aromatic hydroxyl groups is 1. The van der Waals surface area contributed by atoms with E-state index in [2.05, 4.69) is 9.97 Å². The Morgan fingerprint density at radius 3 is 2.19 bits per heavy atom. The molecule has 0 radical (unpaired) electrons. The molecule has 0 saturated carbocycles. The van der Waals surface area contributed by atoms with Crippen LogP contribution in [0.2, 0.25) is 0 Å². The monoisotopic (exact) mass is 312 g/mol. The van der Waals surface area contributed by atoms with E-state index in [1.165, 1.54) is 28.7 Å². The quantitative estimate of drug-likeness (QED) is 0.787. The van der Waals surface area contributed by atoms with Gasteiger partial charge in [-0.2, -0.15) is 0 Å². The predicted molar refractivity (Wildman–Crippen MR) is 82.6 cm³/mol. The molecule has 0 saturated heterocycles. The molecule has 0 spiro atoms. The van der Waals surface area contributed by atoms with Crippen LogP contribution in [0.15, 0.2) is 41.6 Å². The second kappa shape index (κ2) is 4.61. The zero-order valence-electron chi connectivity index (χ0n) is 10.6. The Bertz CT molecular complexity index is 865. The highest BCUT2D eigenvalue weighted by atomic mass is 32.1. The number of benzene rings is 1. The van der Waals surface area contributed by atoms with E-state index < -0.39 is 0 Å². The summed E-state index contributed by atoms with van der Waals surface area (Å²) in [6.07, 6.45) is 3.46. The third-order valence-electron chi connectivity index (χ3n) is 3.35. The maximum Gasteiger partial charge on any atom is 0.195 e. The number of phenols is 1. The largest absolute Gasteiger partial charge is 0.508 e. The number of carbonyl (C=O) groups excluding carboxylic acids is 1. The highest BCUT2D eigenvalue weighted by Gasteiger charge is 2.33. The van der Waals surface area contributed by atoms with E-state index in [0.29, 0.717) is 11.1 Å². The second-order valence-electron chi connectivity index (χ2n) is 4.54. The molecule has 0 unspecified atom stereocenters. The maximum atomic E-state index is 12.7. The van der Waals surface area contributed by atoms with Gasteiger partial charge in [-0.1, -0.05) is 0 Å². The van der Waals surface area contributed by atoms with Crippen molar-refractivity contribution in [1.82, 2.24) is 9.97 Å². The van der Waals surface area contributed by atoms with Crippen LogP contribution in [-0.4, -0.2) is 20.9 Å². The summed E-state index contributed by atoms with van der Waals surface area (Å²) in [4.78, 5) is 22.7. The van der Waals surface area contributed by atoms with E-state index >= 15 is 0 Å². The predicted octanol–water partition coefficient (Wildman–Crippen LogP) is 3.46. The Morgan fingerprint density at radius 2 is 1.57 bits per heavy atom. The van der Waals surface area contributed by atoms with Crippen LogP contribution in [0.5, 0.6) is 5.75 Å². The number of Topliss-reactive ketones (excluding diaryl/α,β-unsaturated/α-hetero) is 1. The van der Waals surface area contributed by atoms with Gasteiger partial charge < -0.3 is 5.11 Å². The van der Waals surface area contributed by atoms with Gasteiger partial charge in [0.25, 0.3) is 0 Å². The third kappa shape index (κ3) is 1.84. The molecule has 4 rings (SSSR count). The van der Waals surface area contributed by atoms with Gasteiger partial charge >= 0.3 is 0 Å². The van der Waals surface area contributed by atoms with E-state index in [0.717, 1.165) is 20.9 Å². The number of hydrogen-bond donors (Lipinski definition) is 1. The highest BCUT2D eigenvalue weighted by Crippen LogP contribution is 2.44. The number of carbonyl (C=O) groups is 1. The second-order valence-corrected chi connectivity index (χ2v) is 6.31. The van der Waals surface area contributed by atoms with Crippen LogP contribution in [0, 0.1) is 0 Å². The average molecular weight is 312 g/mol. The first-order valence-electron chi connectivity index (χ1n) is 6.16. The summed E-state index contributed by atoms with van der Waals surface area (Å²) in [5, 5.41) is 9.66. The number of ketones is 1. The Morgan fingerprint density at radius 1 is 0.905 bits per heavy atom. The molecule has 21 heavy (non-hydrogen) atoms. The first-order chi connectivity index (χ1) is 10.3. The molecule has 0 amide bonds. The molecular formula is C15H8N2O2S2. The molecule has 1 aliphatic rings. The minimum atomic E-state index is -0.0754. The van der Waals surface area contributed by atoms with E-state index in [4.69, 9.17) is 0 Å². The van der Waals surface area contributed by atoms with E-state index in [9.17, 15) is 9.90 Å². The molecule has 2 heterocycles. The molecule has 0 bridgehead atoms. The fourth-order valence-corrected chi connectivity index (χ4v) is 3.85. The molecule has 2 aromatic heterocycles. The summed E-state index contributed by atoms with van der Waals surface area (Å²) in [5.74, 6) is 0.0184. The first kappa shape index (κ1) is 12.4. The minimum absolute atomic E-state index is 0.0754. The van der Waals surface area contributed by atoms with Crippen molar-refractivity contribution in [2.75, 3.05) is 0 Å². The van der Waals surface area contributed by atoms with Crippen molar-refractivity contribution in [3.63, 3.8) is 0 Å².